The van der Waals surface area contributed by atoms with E-state index < -0.39 is 0 Å². The Kier molecular flexibility index (Phi) is 5.82. The smallest absolute Gasteiger partial charge is 0.137 e. The Hall–Kier alpha value is -2.37. The number of imidazole rings is 1. The second-order valence-corrected chi connectivity index (χ2v) is 5.64. The molecule has 0 spiro atoms. The molecule has 0 radical (unpaired) electrons. The van der Waals surface area contributed by atoms with Crippen molar-refractivity contribution in [2.75, 3.05) is 20.3 Å². The van der Waals surface area contributed by atoms with Crippen molar-refractivity contribution in [3.63, 3.8) is 0 Å². The molecule has 3 aromatic rings. The third-order valence-electron chi connectivity index (χ3n) is 3.71. The minimum atomic E-state index is 0.673. The van der Waals surface area contributed by atoms with E-state index in [2.05, 4.69) is 28.6 Å². The summed E-state index contributed by atoms with van der Waals surface area (Å²) in [5.41, 5.74) is 3.21. The summed E-state index contributed by atoms with van der Waals surface area (Å²) in [5.74, 6) is 0.901. The molecule has 1 N–H and O–H groups in total. The SMILES string of the molecule is COCCCOc1cccc(CNCc2cn3ccccc3n2)c1. The Morgan fingerprint density at radius 2 is 2.04 bits per heavy atom. The van der Waals surface area contributed by atoms with E-state index in [4.69, 9.17) is 9.47 Å². The zero-order valence-corrected chi connectivity index (χ0v) is 13.9. The molecule has 5 heteroatoms. The van der Waals surface area contributed by atoms with Gasteiger partial charge in [-0.25, -0.2) is 4.98 Å². The van der Waals surface area contributed by atoms with Crippen LogP contribution in [0.4, 0.5) is 0 Å². The molecule has 0 saturated heterocycles. The van der Waals surface area contributed by atoms with Crippen LogP contribution in [-0.4, -0.2) is 29.7 Å². The molecular formula is C19H23N3O2. The summed E-state index contributed by atoms with van der Waals surface area (Å²) in [6.45, 7) is 2.91. The van der Waals surface area contributed by atoms with Crippen LogP contribution in [-0.2, 0) is 17.8 Å². The fourth-order valence-electron chi connectivity index (χ4n) is 2.55. The minimum Gasteiger partial charge on any atom is -0.493 e. The highest BCUT2D eigenvalue weighted by Gasteiger charge is 2.01. The van der Waals surface area contributed by atoms with Gasteiger partial charge in [-0.2, -0.15) is 0 Å². The van der Waals surface area contributed by atoms with Crippen molar-refractivity contribution < 1.29 is 9.47 Å². The van der Waals surface area contributed by atoms with Gasteiger partial charge in [0, 0.05) is 45.6 Å². The van der Waals surface area contributed by atoms with E-state index in [0.29, 0.717) is 6.61 Å². The number of nitrogens with zero attached hydrogens (tertiary/aromatic N) is 2. The molecular weight excluding hydrogens is 302 g/mol. The molecule has 0 bridgehead atoms. The summed E-state index contributed by atoms with van der Waals surface area (Å²) in [6, 6.07) is 14.2. The molecule has 2 heterocycles. The summed E-state index contributed by atoms with van der Waals surface area (Å²) < 4.78 is 12.8. The van der Waals surface area contributed by atoms with Gasteiger partial charge in [0.05, 0.1) is 12.3 Å². The van der Waals surface area contributed by atoms with Crippen molar-refractivity contribution in [3.8, 4) is 5.75 Å². The van der Waals surface area contributed by atoms with Crippen molar-refractivity contribution in [1.82, 2.24) is 14.7 Å². The number of fused-ring (bicyclic) bond motifs is 1. The first-order chi connectivity index (χ1) is 11.8. The Morgan fingerprint density at radius 3 is 2.92 bits per heavy atom. The highest BCUT2D eigenvalue weighted by atomic mass is 16.5. The second-order valence-electron chi connectivity index (χ2n) is 5.64. The van der Waals surface area contributed by atoms with Crippen LogP contribution in [0.5, 0.6) is 5.75 Å². The van der Waals surface area contributed by atoms with Crippen molar-refractivity contribution in [2.45, 2.75) is 19.5 Å². The van der Waals surface area contributed by atoms with Gasteiger partial charge in [-0.1, -0.05) is 18.2 Å². The molecule has 0 aliphatic heterocycles. The summed E-state index contributed by atoms with van der Waals surface area (Å²) in [6.07, 6.45) is 4.96. The van der Waals surface area contributed by atoms with Crippen LogP contribution in [0.15, 0.2) is 54.9 Å². The first kappa shape index (κ1) is 16.5. The van der Waals surface area contributed by atoms with E-state index in [9.17, 15) is 0 Å². The highest BCUT2D eigenvalue weighted by Crippen LogP contribution is 2.14. The average Bonchev–Trinajstić information content (AvgIpc) is 3.02. The predicted octanol–water partition coefficient (Wildman–Crippen LogP) is 3.04. The van der Waals surface area contributed by atoms with Gasteiger partial charge in [-0.3, -0.25) is 0 Å². The van der Waals surface area contributed by atoms with E-state index >= 15 is 0 Å². The lowest BCUT2D eigenvalue weighted by molar-refractivity contribution is 0.172. The number of hydrogen-bond donors (Lipinski definition) is 1. The van der Waals surface area contributed by atoms with Crippen molar-refractivity contribution in [1.29, 1.82) is 0 Å². The zero-order valence-electron chi connectivity index (χ0n) is 13.9. The van der Waals surface area contributed by atoms with Crippen molar-refractivity contribution in [3.05, 3.63) is 66.1 Å². The second kappa shape index (κ2) is 8.47. The minimum absolute atomic E-state index is 0.673. The number of benzene rings is 1. The number of aromatic nitrogens is 2. The molecule has 0 fully saturated rings. The number of ether oxygens (including phenoxy) is 2. The number of hydrogen-bond acceptors (Lipinski definition) is 4. The molecule has 24 heavy (non-hydrogen) atoms. The average molecular weight is 325 g/mol. The monoisotopic (exact) mass is 325 g/mol. The van der Waals surface area contributed by atoms with Gasteiger partial charge in [0.1, 0.15) is 11.4 Å². The van der Waals surface area contributed by atoms with Gasteiger partial charge in [0.15, 0.2) is 0 Å². The van der Waals surface area contributed by atoms with Crippen LogP contribution in [0.1, 0.15) is 17.7 Å². The number of pyridine rings is 1. The molecule has 0 saturated carbocycles. The van der Waals surface area contributed by atoms with Crippen LogP contribution < -0.4 is 10.1 Å². The number of rotatable bonds is 9. The topological polar surface area (TPSA) is 47.8 Å². The van der Waals surface area contributed by atoms with Gasteiger partial charge >= 0.3 is 0 Å². The summed E-state index contributed by atoms with van der Waals surface area (Å²) in [5, 5.41) is 3.43. The van der Waals surface area contributed by atoms with Crippen molar-refractivity contribution in [2.24, 2.45) is 0 Å². The maximum Gasteiger partial charge on any atom is 0.137 e. The van der Waals surface area contributed by atoms with Gasteiger partial charge in [0.2, 0.25) is 0 Å². The first-order valence-electron chi connectivity index (χ1n) is 8.19. The first-order valence-corrected chi connectivity index (χ1v) is 8.19. The Labute approximate surface area is 142 Å². The highest BCUT2D eigenvalue weighted by molar-refractivity contribution is 5.39. The van der Waals surface area contributed by atoms with Crippen LogP contribution in [0.25, 0.3) is 5.65 Å². The van der Waals surface area contributed by atoms with Crippen LogP contribution >= 0.6 is 0 Å². The van der Waals surface area contributed by atoms with Crippen LogP contribution in [0.3, 0.4) is 0 Å². The molecule has 0 amide bonds. The van der Waals surface area contributed by atoms with Gasteiger partial charge < -0.3 is 19.2 Å². The van der Waals surface area contributed by atoms with Crippen LogP contribution in [0.2, 0.25) is 0 Å². The van der Waals surface area contributed by atoms with Crippen molar-refractivity contribution >= 4 is 5.65 Å². The lowest BCUT2D eigenvalue weighted by atomic mass is 10.2. The normalized spacial score (nSPS) is 11.0. The molecule has 0 aliphatic carbocycles. The zero-order chi connectivity index (χ0) is 16.6. The third kappa shape index (κ3) is 4.57. The standard InChI is InChI=1S/C19H23N3O2/c1-23-10-5-11-24-18-7-4-6-16(12-18)13-20-14-17-15-22-9-3-2-8-19(22)21-17/h2-4,6-9,12,15,20H,5,10-11,13-14H2,1H3. The third-order valence-corrected chi connectivity index (χ3v) is 3.71. The van der Waals surface area contributed by atoms with Gasteiger partial charge in [-0.15, -0.1) is 0 Å². The van der Waals surface area contributed by atoms with Gasteiger partial charge in [-0.05, 0) is 29.8 Å². The summed E-state index contributed by atoms with van der Waals surface area (Å²) in [7, 11) is 1.70. The fourth-order valence-corrected chi connectivity index (χ4v) is 2.55. The summed E-state index contributed by atoms with van der Waals surface area (Å²) >= 11 is 0. The van der Waals surface area contributed by atoms with E-state index in [1.165, 1.54) is 5.56 Å². The van der Waals surface area contributed by atoms with Gasteiger partial charge in [0.25, 0.3) is 0 Å². The molecule has 126 valence electrons. The molecule has 0 unspecified atom stereocenters. The maximum atomic E-state index is 5.73. The quantitative estimate of drug-likeness (QED) is 0.614. The maximum absolute atomic E-state index is 5.73. The molecule has 5 nitrogen and oxygen atoms in total. The fraction of sp³-hybridized carbons (Fsp3) is 0.316. The largest absolute Gasteiger partial charge is 0.493 e. The lowest BCUT2D eigenvalue weighted by Crippen LogP contribution is -2.13. The number of nitrogens with one attached hydrogen (secondary N) is 1. The molecule has 0 atom stereocenters. The predicted molar refractivity (Wildman–Crippen MR) is 94.2 cm³/mol. The molecule has 3 rings (SSSR count). The van der Waals surface area contributed by atoms with E-state index in [0.717, 1.165) is 43.2 Å². The Balaban J connectivity index is 1.49. The van der Waals surface area contributed by atoms with E-state index in [-0.39, 0.29) is 0 Å². The number of methoxy groups -OCH3 is 1. The molecule has 1 aromatic carbocycles. The lowest BCUT2D eigenvalue weighted by Gasteiger charge is -2.08. The van der Waals surface area contributed by atoms with Crippen LogP contribution in [0, 0.1) is 0 Å². The summed E-state index contributed by atoms with van der Waals surface area (Å²) in [4.78, 5) is 4.58. The molecule has 2 aromatic heterocycles. The Morgan fingerprint density at radius 1 is 1.08 bits per heavy atom. The Bertz CT molecular complexity index is 737. The van der Waals surface area contributed by atoms with E-state index in [1.807, 2.05) is 40.9 Å². The molecule has 0 aliphatic rings. The van der Waals surface area contributed by atoms with E-state index in [1.54, 1.807) is 7.11 Å².